The van der Waals surface area contributed by atoms with Gasteiger partial charge < -0.3 is 0 Å². The largest absolute Gasteiger partial charge is 0.299 e. The second kappa shape index (κ2) is 4.96. The lowest BCUT2D eigenvalue weighted by molar-refractivity contribution is -0.130. The number of hydrogen-bond acceptors (Lipinski definition) is 1. The van der Waals surface area contributed by atoms with Crippen LogP contribution in [0, 0.1) is 23.2 Å². The first-order valence-corrected chi connectivity index (χ1v) is 7.28. The third kappa shape index (κ3) is 2.48. The number of unbranched alkanes of at least 4 members (excludes halogenated alkanes) is 1. The minimum absolute atomic E-state index is 0.0279. The summed E-state index contributed by atoms with van der Waals surface area (Å²) >= 11 is 0. The van der Waals surface area contributed by atoms with Crippen LogP contribution in [-0.2, 0) is 4.79 Å². The van der Waals surface area contributed by atoms with Gasteiger partial charge in [0.25, 0.3) is 0 Å². The van der Waals surface area contributed by atoms with Crippen LogP contribution in [0.25, 0.3) is 0 Å². The van der Waals surface area contributed by atoms with Gasteiger partial charge in [-0.15, -0.1) is 0 Å². The highest BCUT2D eigenvalue weighted by Gasteiger charge is 2.49. The molecule has 0 amide bonds. The van der Waals surface area contributed by atoms with Crippen molar-refractivity contribution in [1.82, 2.24) is 0 Å². The van der Waals surface area contributed by atoms with Crippen molar-refractivity contribution >= 4 is 5.78 Å². The number of rotatable bonds is 6. The summed E-state index contributed by atoms with van der Waals surface area (Å²) in [6.07, 6.45) is 11.5. The lowest BCUT2D eigenvalue weighted by atomic mass is 9.72. The predicted molar refractivity (Wildman–Crippen MR) is 71.8 cm³/mol. The molecule has 4 unspecified atom stereocenters. The van der Waals surface area contributed by atoms with E-state index in [9.17, 15) is 4.79 Å². The van der Waals surface area contributed by atoms with E-state index in [1.54, 1.807) is 0 Å². The molecule has 4 atom stereocenters. The number of carbonyl (C=O) groups excluding carboxylic acids is 1. The van der Waals surface area contributed by atoms with Crippen LogP contribution < -0.4 is 0 Å². The fourth-order valence-electron chi connectivity index (χ4n) is 3.62. The summed E-state index contributed by atoms with van der Waals surface area (Å²) in [7, 11) is 0. The van der Waals surface area contributed by atoms with Crippen LogP contribution in [0.3, 0.4) is 0 Å². The molecule has 0 aromatic rings. The van der Waals surface area contributed by atoms with Gasteiger partial charge >= 0.3 is 0 Å². The normalized spacial score (nSPS) is 36.4. The van der Waals surface area contributed by atoms with E-state index >= 15 is 0 Å². The maximum absolute atomic E-state index is 12.5. The number of ketones is 1. The molecule has 2 bridgehead atoms. The minimum atomic E-state index is -0.0279. The molecule has 1 fully saturated rings. The number of fused-ring (bicyclic) bond motifs is 2. The number of allylic oxidation sites excluding steroid dienone is 2. The van der Waals surface area contributed by atoms with Gasteiger partial charge in [-0.3, -0.25) is 4.79 Å². The first-order chi connectivity index (χ1) is 8.06. The zero-order valence-corrected chi connectivity index (χ0v) is 11.5. The maximum Gasteiger partial charge on any atom is 0.139 e. The van der Waals surface area contributed by atoms with Crippen molar-refractivity contribution in [2.45, 2.75) is 59.3 Å². The molecular formula is C16H26O. The molecule has 1 heteroatoms. The fraction of sp³-hybridized carbons (Fsp3) is 0.812. The zero-order valence-electron chi connectivity index (χ0n) is 11.5. The molecule has 0 saturated heterocycles. The smallest absolute Gasteiger partial charge is 0.139 e. The molecular weight excluding hydrogens is 208 g/mol. The Morgan fingerprint density at radius 1 is 1.47 bits per heavy atom. The van der Waals surface area contributed by atoms with E-state index in [-0.39, 0.29) is 5.41 Å². The molecule has 0 heterocycles. The van der Waals surface area contributed by atoms with E-state index in [0.717, 1.165) is 12.8 Å². The molecule has 0 spiro atoms. The third-order valence-electron chi connectivity index (χ3n) is 4.90. The lowest BCUT2D eigenvalue weighted by Crippen LogP contribution is -2.33. The first kappa shape index (κ1) is 12.9. The molecule has 0 radical (unpaired) electrons. The molecule has 17 heavy (non-hydrogen) atoms. The van der Waals surface area contributed by atoms with Gasteiger partial charge in [0, 0.05) is 11.8 Å². The van der Waals surface area contributed by atoms with E-state index in [0.29, 0.717) is 23.5 Å². The van der Waals surface area contributed by atoms with Crippen molar-refractivity contribution in [2.75, 3.05) is 0 Å². The highest BCUT2D eigenvalue weighted by molar-refractivity contribution is 5.86. The Bertz CT molecular complexity index is 317. The van der Waals surface area contributed by atoms with E-state index in [1.807, 2.05) is 0 Å². The third-order valence-corrected chi connectivity index (χ3v) is 4.90. The Kier molecular flexibility index (Phi) is 3.75. The quantitative estimate of drug-likeness (QED) is 0.623. The summed E-state index contributed by atoms with van der Waals surface area (Å²) in [5.41, 5.74) is -0.0279. The second-order valence-corrected chi connectivity index (χ2v) is 6.48. The van der Waals surface area contributed by atoms with E-state index < -0.39 is 0 Å². The van der Waals surface area contributed by atoms with Gasteiger partial charge in [0.05, 0.1) is 0 Å². The van der Waals surface area contributed by atoms with Crippen LogP contribution in [0.15, 0.2) is 12.2 Å². The number of carbonyl (C=O) groups is 1. The van der Waals surface area contributed by atoms with Gasteiger partial charge in [-0.1, -0.05) is 52.2 Å². The molecule has 2 rings (SSSR count). The van der Waals surface area contributed by atoms with Crippen LogP contribution in [0.5, 0.6) is 0 Å². The highest BCUT2D eigenvalue weighted by atomic mass is 16.1. The van der Waals surface area contributed by atoms with Gasteiger partial charge in [-0.05, 0) is 30.6 Å². The van der Waals surface area contributed by atoms with Crippen LogP contribution in [0.1, 0.15) is 59.3 Å². The summed E-state index contributed by atoms with van der Waals surface area (Å²) in [5.74, 6) is 2.33. The Hall–Kier alpha value is -0.590. The fourth-order valence-corrected chi connectivity index (χ4v) is 3.62. The van der Waals surface area contributed by atoms with Gasteiger partial charge in [0.2, 0.25) is 0 Å². The van der Waals surface area contributed by atoms with Crippen molar-refractivity contribution in [3.63, 3.8) is 0 Å². The van der Waals surface area contributed by atoms with Crippen LogP contribution in [0.4, 0.5) is 0 Å². The van der Waals surface area contributed by atoms with Crippen molar-refractivity contribution in [1.29, 1.82) is 0 Å². The van der Waals surface area contributed by atoms with Crippen molar-refractivity contribution < 1.29 is 4.79 Å². The molecule has 0 N–H and O–H groups in total. The van der Waals surface area contributed by atoms with Gasteiger partial charge in [-0.2, -0.15) is 0 Å². The van der Waals surface area contributed by atoms with Crippen molar-refractivity contribution in [2.24, 2.45) is 23.2 Å². The van der Waals surface area contributed by atoms with Gasteiger partial charge in [0.15, 0.2) is 0 Å². The Balaban J connectivity index is 1.90. The summed E-state index contributed by atoms with van der Waals surface area (Å²) in [5, 5.41) is 0. The highest BCUT2D eigenvalue weighted by Crippen LogP contribution is 2.53. The van der Waals surface area contributed by atoms with Gasteiger partial charge in [-0.25, -0.2) is 0 Å². The lowest BCUT2D eigenvalue weighted by Gasteiger charge is -2.31. The Labute approximate surface area is 106 Å². The number of Topliss-reactive ketones (excluding diaryl/α,β-unsaturated/α-hetero) is 1. The second-order valence-electron chi connectivity index (χ2n) is 6.48. The van der Waals surface area contributed by atoms with Crippen molar-refractivity contribution in [3.8, 4) is 0 Å². The van der Waals surface area contributed by atoms with Crippen LogP contribution in [-0.4, -0.2) is 5.78 Å². The SMILES string of the molecule is CCCCC(C)CC(=O)C1(C)CC2C=CC1C2. The summed E-state index contributed by atoms with van der Waals surface area (Å²) in [4.78, 5) is 12.5. The first-order valence-electron chi connectivity index (χ1n) is 7.28. The Morgan fingerprint density at radius 2 is 2.24 bits per heavy atom. The summed E-state index contributed by atoms with van der Waals surface area (Å²) in [6, 6.07) is 0. The van der Waals surface area contributed by atoms with Crippen LogP contribution >= 0.6 is 0 Å². The molecule has 96 valence electrons. The monoisotopic (exact) mass is 234 g/mol. The van der Waals surface area contributed by atoms with Crippen molar-refractivity contribution in [3.05, 3.63) is 12.2 Å². The molecule has 2 aliphatic carbocycles. The number of hydrogen-bond donors (Lipinski definition) is 0. The van der Waals surface area contributed by atoms with E-state index in [2.05, 4.69) is 32.9 Å². The summed E-state index contributed by atoms with van der Waals surface area (Å²) < 4.78 is 0. The minimum Gasteiger partial charge on any atom is -0.299 e. The molecule has 1 saturated carbocycles. The predicted octanol–water partition coefficient (Wildman–Crippen LogP) is 4.37. The van der Waals surface area contributed by atoms with E-state index in [1.165, 1.54) is 25.7 Å². The summed E-state index contributed by atoms with van der Waals surface area (Å²) in [6.45, 7) is 6.66. The zero-order chi connectivity index (χ0) is 12.5. The average molecular weight is 234 g/mol. The molecule has 0 aliphatic heterocycles. The molecule has 0 aromatic carbocycles. The van der Waals surface area contributed by atoms with Crippen LogP contribution in [0.2, 0.25) is 0 Å². The topological polar surface area (TPSA) is 17.1 Å². The average Bonchev–Trinajstić information content (AvgIpc) is 2.86. The van der Waals surface area contributed by atoms with E-state index in [4.69, 9.17) is 0 Å². The molecule has 2 aliphatic rings. The Morgan fingerprint density at radius 3 is 2.76 bits per heavy atom. The standard InChI is InChI=1S/C16H26O/c1-4-5-6-12(2)9-15(17)16(3)11-13-7-8-14(16)10-13/h7-8,12-14H,4-6,9-11H2,1-3H3. The molecule has 0 aromatic heterocycles. The maximum atomic E-state index is 12.5. The molecule has 1 nitrogen and oxygen atoms in total. The van der Waals surface area contributed by atoms with Gasteiger partial charge in [0.1, 0.15) is 5.78 Å².